The molecule has 1 saturated heterocycles. The molecule has 0 radical (unpaired) electrons. The predicted octanol–water partition coefficient (Wildman–Crippen LogP) is 5.64. The molecule has 7 heteroatoms. The summed E-state index contributed by atoms with van der Waals surface area (Å²) in [5.41, 5.74) is 2.95. The largest absolute Gasteiger partial charge is 0.353 e. The average Bonchev–Trinajstić information content (AvgIpc) is 2.85. The Morgan fingerprint density at radius 3 is 2.41 bits per heavy atom. The highest BCUT2D eigenvalue weighted by Gasteiger charge is 2.27. The lowest BCUT2D eigenvalue weighted by Crippen LogP contribution is -2.49. The third kappa shape index (κ3) is 5.07. The summed E-state index contributed by atoms with van der Waals surface area (Å²) in [5, 5.41) is 0.465. The number of benzene rings is 2. The van der Waals surface area contributed by atoms with Gasteiger partial charge in [-0.2, -0.15) is 0 Å². The topological polar surface area (TPSA) is 49.3 Å². The zero-order valence-electron chi connectivity index (χ0n) is 19.9. The lowest BCUT2D eigenvalue weighted by molar-refractivity contribution is 0.0746. The zero-order chi connectivity index (χ0) is 24.2. The summed E-state index contributed by atoms with van der Waals surface area (Å²) in [6.07, 6.45) is 1.36. The van der Waals surface area contributed by atoms with Crippen molar-refractivity contribution in [3.63, 3.8) is 0 Å². The fourth-order valence-electron chi connectivity index (χ4n) is 4.23. The van der Waals surface area contributed by atoms with Crippen LogP contribution in [0.4, 0.5) is 10.2 Å². The van der Waals surface area contributed by atoms with Gasteiger partial charge < -0.3 is 9.80 Å². The number of carbonyl (C=O) groups excluding carboxylic acids is 1. The molecule has 1 aliphatic rings. The number of amides is 1. The molecule has 1 aromatic heterocycles. The number of aryl methyl sites for hydroxylation is 1. The number of anilines is 1. The van der Waals surface area contributed by atoms with Crippen molar-refractivity contribution in [1.82, 2.24) is 14.9 Å². The maximum absolute atomic E-state index is 14.5. The van der Waals surface area contributed by atoms with Crippen LogP contribution in [0.15, 0.2) is 48.5 Å². The van der Waals surface area contributed by atoms with Crippen LogP contribution in [0, 0.1) is 12.7 Å². The minimum absolute atomic E-state index is 0.0593. The standard InChI is InChI=1S/C27H30ClFN4O/c1-4-18(2)25-30-19(3)22(17-20-9-5-8-12-24(20)29)26(31-25)32-13-15-33(16-14-32)27(34)21-10-6-7-11-23(21)28/h5-12,18H,4,13-17H2,1-3H3/t18-/m1/s1. The highest BCUT2D eigenvalue weighted by molar-refractivity contribution is 6.33. The van der Waals surface area contributed by atoms with E-state index in [0.717, 1.165) is 29.3 Å². The first kappa shape index (κ1) is 24.1. The molecule has 1 fully saturated rings. The van der Waals surface area contributed by atoms with Gasteiger partial charge in [0.15, 0.2) is 0 Å². The minimum Gasteiger partial charge on any atom is -0.353 e. The molecule has 0 spiro atoms. The van der Waals surface area contributed by atoms with Crippen molar-refractivity contribution >= 4 is 23.3 Å². The molecular formula is C27H30ClFN4O. The predicted molar refractivity (Wildman–Crippen MR) is 134 cm³/mol. The van der Waals surface area contributed by atoms with Crippen LogP contribution < -0.4 is 4.90 Å². The fraction of sp³-hybridized carbons (Fsp3) is 0.370. The highest BCUT2D eigenvalue weighted by Crippen LogP contribution is 2.29. The van der Waals surface area contributed by atoms with Gasteiger partial charge in [-0.05, 0) is 37.1 Å². The van der Waals surface area contributed by atoms with E-state index in [1.165, 1.54) is 6.07 Å². The van der Waals surface area contributed by atoms with E-state index in [1.807, 2.05) is 30.0 Å². The molecule has 0 unspecified atom stereocenters. The minimum atomic E-state index is -0.228. The van der Waals surface area contributed by atoms with Crippen molar-refractivity contribution in [2.45, 2.75) is 39.5 Å². The van der Waals surface area contributed by atoms with Crippen LogP contribution in [0.2, 0.25) is 5.02 Å². The van der Waals surface area contributed by atoms with Gasteiger partial charge in [0.05, 0.1) is 10.6 Å². The summed E-state index contributed by atoms with van der Waals surface area (Å²) in [6, 6.07) is 14.0. The monoisotopic (exact) mass is 480 g/mol. The molecule has 0 saturated carbocycles. The van der Waals surface area contributed by atoms with Gasteiger partial charge in [-0.3, -0.25) is 4.79 Å². The lowest BCUT2D eigenvalue weighted by Gasteiger charge is -2.37. The number of hydrogen-bond donors (Lipinski definition) is 0. The van der Waals surface area contributed by atoms with Crippen LogP contribution in [-0.4, -0.2) is 47.0 Å². The van der Waals surface area contributed by atoms with E-state index in [0.29, 0.717) is 48.7 Å². The molecule has 0 N–H and O–H groups in total. The van der Waals surface area contributed by atoms with Gasteiger partial charge in [-0.25, -0.2) is 14.4 Å². The Balaban J connectivity index is 1.61. The number of carbonyl (C=O) groups is 1. The molecule has 2 heterocycles. The number of nitrogens with zero attached hydrogens (tertiary/aromatic N) is 4. The van der Waals surface area contributed by atoms with Gasteiger partial charge in [-0.15, -0.1) is 0 Å². The van der Waals surface area contributed by atoms with Crippen LogP contribution >= 0.6 is 11.6 Å². The quantitative estimate of drug-likeness (QED) is 0.458. The van der Waals surface area contributed by atoms with E-state index < -0.39 is 0 Å². The van der Waals surface area contributed by atoms with Gasteiger partial charge in [0.1, 0.15) is 17.5 Å². The molecule has 0 bridgehead atoms. The summed E-state index contributed by atoms with van der Waals surface area (Å²) < 4.78 is 14.5. The number of piperazine rings is 1. The van der Waals surface area contributed by atoms with Crippen molar-refractivity contribution in [3.05, 3.63) is 87.6 Å². The van der Waals surface area contributed by atoms with Crippen LogP contribution in [0.25, 0.3) is 0 Å². The maximum atomic E-state index is 14.5. The van der Waals surface area contributed by atoms with Gasteiger partial charge >= 0.3 is 0 Å². The van der Waals surface area contributed by atoms with Gasteiger partial charge in [0, 0.05) is 49.8 Å². The second-order valence-corrected chi connectivity index (χ2v) is 9.21. The second-order valence-electron chi connectivity index (χ2n) is 8.81. The van der Waals surface area contributed by atoms with Crippen LogP contribution in [0.3, 0.4) is 0 Å². The first-order valence-corrected chi connectivity index (χ1v) is 12.2. The summed E-state index contributed by atoms with van der Waals surface area (Å²) in [5.74, 6) is 1.59. The molecule has 3 aromatic rings. The number of aromatic nitrogens is 2. The molecule has 34 heavy (non-hydrogen) atoms. The molecule has 2 aromatic carbocycles. The van der Waals surface area contributed by atoms with Gasteiger partial charge in [0.2, 0.25) is 0 Å². The van der Waals surface area contributed by atoms with Crippen LogP contribution in [0.5, 0.6) is 0 Å². The van der Waals surface area contributed by atoms with E-state index >= 15 is 0 Å². The Labute approximate surface area is 205 Å². The molecule has 0 aliphatic carbocycles. The molecular weight excluding hydrogens is 451 g/mol. The Hall–Kier alpha value is -2.99. The summed E-state index contributed by atoms with van der Waals surface area (Å²) in [4.78, 5) is 26.8. The normalized spacial score (nSPS) is 14.9. The SMILES string of the molecule is CC[C@@H](C)c1nc(C)c(Cc2ccccc2F)c(N2CCN(C(=O)c3ccccc3Cl)CC2)n1. The molecule has 1 atom stereocenters. The Bertz CT molecular complexity index is 1180. The van der Waals surface area contributed by atoms with Crippen molar-refractivity contribution in [3.8, 4) is 0 Å². The third-order valence-corrected chi connectivity index (χ3v) is 6.89. The smallest absolute Gasteiger partial charge is 0.255 e. The summed E-state index contributed by atoms with van der Waals surface area (Å²) in [6.45, 7) is 8.61. The van der Waals surface area contributed by atoms with E-state index in [4.69, 9.17) is 21.6 Å². The van der Waals surface area contributed by atoms with Gasteiger partial charge in [-0.1, -0.05) is 55.8 Å². The summed E-state index contributed by atoms with van der Waals surface area (Å²) in [7, 11) is 0. The lowest BCUT2D eigenvalue weighted by atomic mass is 10.0. The van der Waals surface area contributed by atoms with Crippen LogP contribution in [-0.2, 0) is 6.42 Å². The fourth-order valence-corrected chi connectivity index (χ4v) is 4.45. The van der Waals surface area contributed by atoms with Gasteiger partial charge in [0.25, 0.3) is 5.91 Å². The van der Waals surface area contributed by atoms with Crippen molar-refractivity contribution in [1.29, 1.82) is 0 Å². The Kier molecular flexibility index (Phi) is 7.47. The average molecular weight is 481 g/mol. The van der Waals surface area contributed by atoms with E-state index in [-0.39, 0.29) is 17.6 Å². The molecule has 4 rings (SSSR count). The van der Waals surface area contributed by atoms with E-state index in [2.05, 4.69) is 18.7 Å². The maximum Gasteiger partial charge on any atom is 0.255 e. The third-order valence-electron chi connectivity index (χ3n) is 6.56. The molecule has 1 amide bonds. The zero-order valence-corrected chi connectivity index (χ0v) is 20.6. The van der Waals surface area contributed by atoms with Crippen molar-refractivity contribution in [2.24, 2.45) is 0 Å². The first-order chi connectivity index (χ1) is 16.4. The molecule has 1 aliphatic heterocycles. The molecule has 178 valence electrons. The number of halogens is 2. The second kappa shape index (κ2) is 10.5. The van der Waals surface area contributed by atoms with Crippen molar-refractivity contribution in [2.75, 3.05) is 31.1 Å². The van der Waals surface area contributed by atoms with Crippen LogP contribution in [0.1, 0.15) is 59.2 Å². The number of hydrogen-bond acceptors (Lipinski definition) is 4. The highest BCUT2D eigenvalue weighted by atomic mass is 35.5. The van der Waals surface area contributed by atoms with E-state index in [1.54, 1.807) is 24.3 Å². The molecule has 5 nitrogen and oxygen atoms in total. The first-order valence-electron chi connectivity index (χ1n) is 11.8. The Morgan fingerprint density at radius 1 is 1.06 bits per heavy atom. The summed E-state index contributed by atoms with van der Waals surface area (Å²) >= 11 is 6.25. The Morgan fingerprint density at radius 2 is 1.74 bits per heavy atom. The number of rotatable bonds is 6. The van der Waals surface area contributed by atoms with E-state index in [9.17, 15) is 9.18 Å². The van der Waals surface area contributed by atoms with Crippen molar-refractivity contribution < 1.29 is 9.18 Å².